The average molecular weight is 689 g/mol. The lowest BCUT2D eigenvalue weighted by atomic mass is 10.0. The molecule has 4 aliphatic rings. The van der Waals surface area contributed by atoms with E-state index in [1.807, 2.05) is 30.3 Å². The van der Waals surface area contributed by atoms with Crippen LogP contribution >= 0.6 is 0 Å². The van der Waals surface area contributed by atoms with Crippen molar-refractivity contribution in [2.24, 2.45) is 11.1 Å². The molecular formula is C32H44N6O9S. The first-order valence-electron chi connectivity index (χ1n) is 16.2. The van der Waals surface area contributed by atoms with Crippen molar-refractivity contribution in [1.82, 2.24) is 25.2 Å². The van der Waals surface area contributed by atoms with Crippen molar-refractivity contribution >= 4 is 40.1 Å². The van der Waals surface area contributed by atoms with Crippen LogP contribution in [-0.4, -0.2) is 84.0 Å². The SMILES string of the molecule is CC(C)(C)OC(=O)NC1CCCCCC=CC2CC2(C(=O)NS(N)(=O)=O)NC(=O)C2CC(OC(=O)N3Cc4ccccc4C3)CN2C1=O. The maximum absolute atomic E-state index is 14.2. The molecule has 1 aromatic rings. The van der Waals surface area contributed by atoms with Gasteiger partial charge < -0.3 is 25.0 Å². The number of nitrogens with one attached hydrogen (secondary N) is 3. The largest absolute Gasteiger partial charge is 0.444 e. The summed E-state index contributed by atoms with van der Waals surface area (Å²) in [5.74, 6) is -2.81. The zero-order valence-electron chi connectivity index (χ0n) is 27.4. The van der Waals surface area contributed by atoms with Gasteiger partial charge in [-0.2, -0.15) is 8.42 Å². The Morgan fingerprint density at radius 3 is 2.40 bits per heavy atom. The van der Waals surface area contributed by atoms with Crippen molar-refractivity contribution in [3.8, 4) is 0 Å². The average Bonchev–Trinajstić information content (AvgIpc) is 3.30. The van der Waals surface area contributed by atoms with Crippen LogP contribution in [0.3, 0.4) is 0 Å². The van der Waals surface area contributed by atoms with Gasteiger partial charge in [-0.25, -0.2) is 19.5 Å². The summed E-state index contributed by atoms with van der Waals surface area (Å²) >= 11 is 0. The maximum atomic E-state index is 14.2. The highest BCUT2D eigenvalue weighted by atomic mass is 32.2. The summed E-state index contributed by atoms with van der Waals surface area (Å²) in [5, 5.41) is 10.4. The van der Waals surface area contributed by atoms with Crippen molar-refractivity contribution in [3.05, 3.63) is 47.5 Å². The number of alkyl carbamates (subject to hydrolysis) is 1. The van der Waals surface area contributed by atoms with Gasteiger partial charge in [-0.05, 0) is 57.6 Å². The number of rotatable bonds is 4. The van der Waals surface area contributed by atoms with Gasteiger partial charge in [-0.1, -0.05) is 49.3 Å². The van der Waals surface area contributed by atoms with Crippen LogP contribution in [0.15, 0.2) is 36.4 Å². The fourth-order valence-corrected chi connectivity index (χ4v) is 6.96. The number of hydrogen-bond donors (Lipinski definition) is 4. The number of hydrogen-bond acceptors (Lipinski definition) is 9. The third-order valence-corrected chi connectivity index (χ3v) is 9.41. The summed E-state index contributed by atoms with van der Waals surface area (Å²) in [6.45, 7) is 5.66. The van der Waals surface area contributed by atoms with Gasteiger partial charge in [0, 0.05) is 25.4 Å². The maximum Gasteiger partial charge on any atom is 0.410 e. The fourth-order valence-electron chi connectivity index (χ4n) is 6.51. The molecule has 16 heteroatoms. The standard InChI is InChI=1S/C32H44N6O9S/c1-31(2,3)47-29(42)34-24-14-8-6-4-5-7-13-22-16-32(22,28(41)36-48(33,44)45)35-26(39)25-15-23(19-38(25)27(24)40)46-30(43)37-17-20-11-9-10-12-21(20)18-37/h7,9-13,22-25H,4-6,8,14-19H2,1-3H3,(H,34,42)(H,35,39)(H,36,41)(H2,33,44,45). The van der Waals surface area contributed by atoms with Gasteiger partial charge in [0.1, 0.15) is 29.3 Å². The normalized spacial score (nSPS) is 27.8. The smallest absolute Gasteiger partial charge is 0.410 e. The Bertz CT molecular complexity index is 1570. The van der Waals surface area contributed by atoms with Gasteiger partial charge in [0.2, 0.25) is 11.8 Å². The second kappa shape index (κ2) is 13.7. The lowest BCUT2D eigenvalue weighted by Crippen LogP contribution is -2.58. The van der Waals surface area contributed by atoms with E-state index in [1.165, 1.54) is 9.80 Å². The van der Waals surface area contributed by atoms with Crippen LogP contribution in [0.4, 0.5) is 9.59 Å². The zero-order chi connectivity index (χ0) is 34.9. The molecule has 15 nitrogen and oxygen atoms in total. The molecule has 0 aromatic heterocycles. The number of amides is 5. The first-order valence-corrected chi connectivity index (χ1v) is 17.8. The molecular weight excluding hydrogens is 644 g/mol. The quantitative estimate of drug-likeness (QED) is 0.339. The van der Waals surface area contributed by atoms with Crippen LogP contribution in [0.25, 0.3) is 0 Å². The molecule has 3 heterocycles. The van der Waals surface area contributed by atoms with Crippen molar-refractivity contribution in [3.63, 3.8) is 0 Å². The Morgan fingerprint density at radius 2 is 1.75 bits per heavy atom. The highest BCUT2D eigenvalue weighted by Gasteiger charge is 2.61. The van der Waals surface area contributed by atoms with Gasteiger partial charge in [-0.15, -0.1) is 0 Å². The minimum absolute atomic E-state index is 0.0867. The molecule has 1 saturated carbocycles. The third-order valence-electron chi connectivity index (χ3n) is 8.94. The van der Waals surface area contributed by atoms with E-state index in [2.05, 4.69) is 10.6 Å². The summed E-state index contributed by atoms with van der Waals surface area (Å²) in [6.07, 6.45) is 4.38. The van der Waals surface area contributed by atoms with Crippen LogP contribution in [0.1, 0.15) is 76.8 Å². The van der Waals surface area contributed by atoms with Crippen molar-refractivity contribution < 1.29 is 41.9 Å². The molecule has 3 aliphatic heterocycles. The topological polar surface area (TPSA) is 207 Å². The monoisotopic (exact) mass is 688 g/mol. The lowest BCUT2D eigenvalue weighted by Gasteiger charge is -2.30. The highest BCUT2D eigenvalue weighted by molar-refractivity contribution is 7.87. The molecule has 1 saturated heterocycles. The van der Waals surface area contributed by atoms with E-state index in [0.29, 0.717) is 25.9 Å². The van der Waals surface area contributed by atoms with Crippen LogP contribution in [-0.2, 0) is 47.2 Å². The molecule has 2 fully saturated rings. The summed E-state index contributed by atoms with van der Waals surface area (Å²) in [5.41, 5.74) is -0.444. The number of carbonyl (C=O) groups is 5. The van der Waals surface area contributed by atoms with Crippen molar-refractivity contribution in [2.75, 3.05) is 6.54 Å². The molecule has 0 radical (unpaired) electrons. The molecule has 5 amide bonds. The second-order valence-electron chi connectivity index (χ2n) is 13.9. The van der Waals surface area contributed by atoms with Gasteiger partial charge in [0.25, 0.3) is 16.1 Å². The highest BCUT2D eigenvalue weighted by Crippen LogP contribution is 2.45. The zero-order valence-corrected chi connectivity index (χ0v) is 28.2. The van der Waals surface area contributed by atoms with Gasteiger partial charge in [0.15, 0.2) is 0 Å². The number of allylic oxidation sites excluding steroid dienone is 1. The second-order valence-corrected chi connectivity index (χ2v) is 15.2. The van der Waals surface area contributed by atoms with Gasteiger partial charge >= 0.3 is 12.2 Å². The fraction of sp³-hybridized carbons (Fsp3) is 0.594. The van der Waals surface area contributed by atoms with Gasteiger partial charge in [-0.3, -0.25) is 19.3 Å². The number of nitrogens with zero attached hydrogens (tertiary/aromatic N) is 2. The predicted octanol–water partition coefficient (Wildman–Crippen LogP) is 1.72. The number of ether oxygens (including phenoxy) is 2. The third kappa shape index (κ3) is 8.45. The molecule has 5 atom stereocenters. The van der Waals surface area contributed by atoms with E-state index in [4.69, 9.17) is 14.6 Å². The predicted molar refractivity (Wildman–Crippen MR) is 172 cm³/mol. The first kappa shape index (κ1) is 35.1. The number of nitrogens with two attached hydrogens (primary N) is 1. The minimum atomic E-state index is -4.43. The minimum Gasteiger partial charge on any atom is -0.444 e. The molecule has 5 rings (SSSR count). The van der Waals surface area contributed by atoms with Crippen LogP contribution in [0.5, 0.6) is 0 Å². The Hall–Kier alpha value is -4.18. The molecule has 1 aromatic carbocycles. The van der Waals surface area contributed by atoms with E-state index in [-0.39, 0.29) is 25.8 Å². The van der Waals surface area contributed by atoms with Gasteiger partial charge in [0.05, 0.1) is 6.54 Å². The Labute approximate surface area is 280 Å². The van der Waals surface area contributed by atoms with E-state index < -0.39 is 75.4 Å². The summed E-state index contributed by atoms with van der Waals surface area (Å²) < 4.78 is 36.5. The van der Waals surface area contributed by atoms with Crippen LogP contribution in [0, 0.1) is 5.92 Å². The summed E-state index contributed by atoms with van der Waals surface area (Å²) in [6, 6.07) is 5.38. The Kier molecular flexibility index (Phi) is 10.1. The van der Waals surface area contributed by atoms with E-state index in [9.17, 15) is 32.4 Å². The molecule has 0 spiro atoms. The Morgan fingerprint density at radius 1 is 1.06 bits per heavy atom. The van der Waals surface area contributed by atoms with Crippen LogP contribution < -0.4 is 20.5 Å². The van der Waals surface area contributed by atoms with Crippen molar-refractivity contribution in [1.29, 1.82) is 0 Å². The molecule has 5 N–H and O–H groups in total. The number of fused-ring (bicyclic) bond motifs is 3. The first-order chi connectivity index (χ1) is 22.5. The molecule has 1 aliphatic carbocycles. The Balaban J connectivity index is 1.40. The van der Waals surface area contributed by atoms with Crippen molar-refractivity contribution in [2.45, 2.75) is 108 Å². The number of benzene rings is 1. The molecule has 0 bridgehead atoms. The lowest BCUT2D eigenvalue weighted by molar-refractivity contribution is -0.141. The van der Waals surface area contributed by atoms with E-state index >= 15 is 0 Å². The summed E-state index contributed by atoms with van der Waals surface area (Å²) in [4.78, 5) is 70.2. The molecule has 48 heavy (non-hydrogen) atoms. The van der Waals surface area contributed by atoms with E-state index in [1.54, 1.807) is 31.6 Å². The number of carbonyl (C=O) groups excluding carboxylic acids is 5. The molecule has 262 valence electrons. The van der Waals surface area contributed by atoms with Crippen LogP contribution in [0.2, 0.25) is 0 Å². The molecule has 5 unspecified atom stereocenters. The summed E-state index contributed by atoms with van der Waals surface area (Å²) in [7, 11) is -4.43. The van der Waals surface area contributed by atoms with E-state index in [0.717, 1.165) is 24.0 Å².